The van der Waals surface area contributed by atoms with E-state index in [2.05, 4.69) is 5.32 Å². The van der Waals surface area contributed by atoms with Gasteiger partial charge in [-0.15, -0.1) is 0 Å². The molecule has 4 heteroatoms. The zero-order valence-corrected chi connectivity index (χ0v) is 9.63. The minimum absolute atomic E-state index is 0.199. The first kappa shape index (κ1) is 11.6. The molecule has 0 spiro atoms. The summed E-state index contributed by atoms with van der Waals surface area (Å²) < 4.78 is 0. The van der Waals surface area contributed by atoms with Gasteiger partial charge in [0.1, 0.15) is 0 Å². The first-order valence-corrected chi connectivity index (χ1v) is 5.81. The molecule has 1 aliphatic rings. The summed E-state index contributed by atoms with van der Waals surface area (Å²) in [5.74, 6) is 0.199. The van der Waals surface area contributed by atoms with Crippen LogP contribution in [0.3, 0.4) is 0 Å². The zero-order valence-electron chi connectivity index (χ0n) is 9.63. The van der Waals surface area contributed by atoms with Crippen LogP contribution in [0.5, 0.6) is 0 Å². The number of carbonyl (C=O) groups excluding carboxylic acids is 2. The highest BCUT2D eigenvalue weighted by molar-refractivity contribution is 5.83. The smallest absolute Gasteiger partial charge is 0.225 e. The molecule has 2 rings (SSSR count). The van der Waals surface area contributed by atoms with Crippen molar-refractivity contribution in [3.05, 3.63) is 35.9 Å². The lowest BCUT2D eigenvalue weighted by atomic mass is 9.97. The van der Waals surface area contributed by atoms with Crippen LogP contribution in [-0.4, -0.2) is 29.8 Å². The largest absolute Gasteiger partial charge is 0.359 e. The third-order valence-corrected chi connectivity index (χ3v) is 3.07. The topological polar surface area (TPSA) is 49.4 Å². The second-order valence-electron chi connectivity index (χ2n) is 4.23. The highest BCUT2D eigenvalue weighted by Crippen LogP contribution is 2.24. The van der Waals surface area contributed by atoms with Gasteiger partial charge in [0.05, 0.1) is 0 Å². The van der Waals surface area contributed by atoms with E-state index in [4.69, 9.17) is 0 Å². The van der Waals surface area contributed by atoms with Gasteiger partial charge in [-0.1, -0.05) is 30.3 Å². The van der Waals surface area contributed by atoms with Crippen molar-refractivity contribution in [2.75, 3.05) is 6.54 Å². The standard InChI is InChI=1S/C13H16N2O2/c16-10-14-7-6-12-8-13(17)15(12)9-11-4-2-1-3-5-11/h1-5,10,12H,6-9H2,(H,14,16). The summed E-state index contributed by atoms with van der Waals surface area (Å²) in [7, 11) is 0. The van der Waals surface area contributed by atoms with Gasteiger partial charge in [-0.3, -0.25) is 9.59 Å². The van der Waals surface area contributed by atoms with E-state index in [1.165, 1.54) is 0 Å². The Balaban J connectivity index is 1.86. The van der Waals surface area contributed by atoms with Gasteiger partial charge in [0, 0.05) is 25.6 Å². The molecule has 1 atom stereocenters. The Morgan fingerprint density at radius 1 is 1.35 bits per heavy atom. The molecule has 17 heavy (non-hydrogen) atoms. The van der Waals surface area contributed by atoms with E-state index in [1.807, 2.05) is 35.2 Å². The Kier molecular flexibility index (Phi) is 3.75. The number of rotatable bonds is 6. The summed E-state index contributed by atoms with van der Waals surface area (Å²) >= 11 is 0. The van der Waals surface area contributed by atoms with E-state index in [-0.39, 0.29) is 11.9 Å². The van der Waals surface area contributed by atoms with Crippen molar-refractivity contribution in [2.45, 2.75) is 25.4 Å². The number of benzene rings is 1. The van der Waals surface area contributed by atoms with E-state index in [1.54, 1.807) is 0 Å². The number of hydrogen-bond acceptors (Lipinski definition) is 2. The molecule has 0 aliphatic carbocycles. The number of carbonyl (C=O) groups is 2. The second-order valence-corrected chi connectivity index (χ2v) is 4.23. The molecule has 4 nitrogen and oxygen atoms in total. The summed E-state index contributed by atoms with van der Waals surface area (Å²) in [6.45, 7) is 1.30. The monoisotopic (exact) mass is 232 g/mol. The quantitative estimate of drug-likeness (QED) is 0.450. The molecule has 1 unspecified atom stereocenters. The summed E-state index contributed by atoms with van der Waals surface area (Å²) in [6, 6.07) is 10.2. The van der Waals surface area contributed by atoms with Crippen LogP contribution >= 0.6 is 0 Å². The lowest BCUT2D eigenvalue weighted by Crippen LogP contribution is -2.52. The van der Waals surface area contributed by atoms with Gasteiger partial charge >= 0.3 is 0 Å². The Hall–Kier alpha value is -1.84. The number of hydrogen-bond donors (Lipinski definition) is 1. The molecule has 1 N–H and O–H groups in total. The normalized spacial score (nSPS) is 18.7. The molecule has 90 valence electrons. The number of likely N-dealkylation sites (tertiary alicyclic amines) is 1. The van der Waals surface area contributed by atoms with Gasteiger partial charge < -0.3 is 10.2 Å². The lowest BCUT2D eigenvalue weighted by Gasteiger charge is -2.40. The average molecular weight is 232 g/mol. The van der Waals surface area contributed by atoms with Crippen LogP contribution in [0.2, 0.25) is 0 Å². The summed E-state index contributed by atoms with van der Waals surface area (Å²) in [5.41, 5.74) is 1.15. The second kappa shape index (κ2) is 5.48. The third-order valence-electron chi connectivity index (χ3n) is 3.07. The molecule has 1 fully saturated rings. The minimum Gasteiger partial charge on any atom is -0.359 e. The van der Waals surface area contributed by atoms with Gasteiger partial charge in [-0.25, -0.2) is 0 Å². The van der Waals surface area contributed by atoms with Crippen molar-refractivity contribution < 1.29 is 9.59 Å². The van der Waals surface area contributed by atoms with Crippen molar-refractivity contribution >= 4 is 12.3 Å². The van der Waals surface area contributed by atoms with Crippen molar-refractivity contribution in [3.8, 4) is 0 Å². The predicted octanol–water partition coefficient (Wildman–Crippen LogP) is 0.924. The van der Waals surface area contributed by atoms with Crippen molar-refractivity contribution in [1.82, 2.24) is 10.2 Å². The highest BCUT2D eigenvalue weighted by atomic mass is 16.2. The summed E-state index contributed by atoms with van der Waals surface area (Å²) in [6.07, 6.45) is 2.13. The van der Waals surface area contributed by atoms with Gasteiger partial charge in [0.15, 0.2) is 0 Å². The van der Waals surface area contributed by atoms with Crippen LogP contribution in [0.25, 0.3) is 0 Å². The van der Waals surface area contributed by atoms with Crippen molar-refractivity contribution in [3.63, 3.8) is 0 Å². The molecule has 1 aromatic carbocycles. The SMILES string of the molecule is O=CNCCC1CC(=O)N1Cc1ccccc1. The molecule has 1 heterocycles. The molecule has 0 bridgehead atoms. The van der Waals surface area contributed by atoms with Gasteiger partial charge in [-0.05, 0) is 12.0 Å². The molecular formula is C13H16N2O2. The van der Waals surface area contributed by atoms with Crippen LogP contribution in [0.1, 0.15) is 18.4 Å². The minimum atomic E-state index is 0.199. The summed E-state index contributed by atoms with van der Waals surface area (Å²) in [5, 5.41) is 2.63. The van der Waals surface area contributed by atoms with Gasteiger partial charge in [-0.2, -0.15) is 0 Å². The predicted molar refractivity (Wildman–Crippen MR) is 64.1 cm³/mol. The van der Waals surface area contributed by atoms with E-state index >= 15 is 0 Å². The maximum Gasteiger partial charge on any atom is 0.225 e. The molecule has 0 aromatic heterocycles. The first-order chi connectivity index (χ1) is 8.31. The maximum atomic E-state index is 11.5. The van der Waals surface area contributed by atoms with Crippen LogP contribution < -0.4 is 5.32 Å². The van der Waals surface area contributed by atoms with E-state index in [0.29, 0.717) is 25.9 Å². The van der Waals surface area contributed by atoms with Crippen molar-refractivity contribution in [1.29, 1.82) is 0 Å². The van der Waals surface area contributed by atoms with Crippen LogP contribution in [0.15, 0.2) is 30.3 Å². The molecule has 1 saturated heterocycles. The highest BCUT2D eigenvalue weighted by Gasteiger charge is 2.34. The average Bonchev–Trinajstić information content (AvgIpc) is 2.36. The Morgan fingerprint density at radius 2 is 2.12 bits per heavy atom. The molecule has 1 aliphatic heterocycles. The maximum absolute atomic E-state index is 11.5. The molecular weight excluding hydrogens is 216 g/mol. The Labute approximate surface area is 101 Å². The Morgan fingerprint density at radius 3 is 2.76 bits per heavy atom. The van der Waals surface area contributed by atoms with E-state index in [9.17, 15) is 9.59 Å². The van der Waals surface area contributed by atoms with Crippen LogP contribution in [-0.2, 0) is 16.1 Å². The van der Waals surface area contributed by atoms with Crippen LogP contribution in [0.4, 0.5) is 0 Å². The fourth-order valence-electron chi connectivity index (χ4n) is 2.08. The fraction of sp³-hybridized carbons (Fsp3) is 0.385. The third kappa shape index (κ3) is 2.84. The number of amides is 2. The molecule has 0 radical (unpaired) electrons. The Bertz CT molecular complexity index is 392. The van der Waals surface area contributed by atoms with Crippen molar-refractivity contribution in [2.24, 2.45) is 0 Å². The summed E-state index contributed by atoms with van der Waals surface area (Å²) in [4.78, 5) is 23.5. The van der Waals surface area contributed by atoms with Gasteiger partial charge in [0.2, 0.25) is 12.3 Å². The first-order valence-electron chi connectivity index (χ1n) is 5.81. The van der Waals surface area contributed by atoms with E-state index < -0.39 is 0 Å². The molecule has 0 saturated carbocycles. The molecule has 2 amide bonds. The number of nitrogens with zero attached hydrogens (tertiary/aromatic N) is 1. The van der Waals surface area contributed by atoms with Crippen LogP contribution in [0, 0.1) is 0 Å². The molecule has 1 aromatic rings. The van der Waals surface area contributed by atoms with Gasteiger partial charge in [0.25, 0.3) is 0 Å². The lowest BCUT2D eigenvalue weighted by molar-refractivity contribution is -0.147. The zero-order chi connectivity index (χ0) is 12.1. The number of β-lactam (4-membered cyclic amide) rings is 1. The number of nitrogens with one attached hydrogen (secondary N) is 1. The van der Waals surface area contributed by atoms with E-state index in [0.717, 1.165) is 12.0 Å². The fourth-order valence-corrected chi connectivity index (χ4v) is 2.08.